The van der Waals surface area contributed by atoms with Crippen LogP contribution in [0.15, 0.2) is 18.2 Å². The largest absolute Gasteiger partial charge is 0.493 e. The van der Waals surface area contributed by atoms with E-state index in [2.05, 4.69) is 5.32 Å². The van der Waals surface area contributed by atoms with Crippen molar-refractivity contribution in [2.24, 2.45) is 0 Å². The second-order valence-corrected chi connectivity index (χ2v) is 4.34. The highest BCUT2D eigenvalue weighted by Gasteiger charge is 2.09. The number of rotatable bonds is 6. The highest BCUT2D eigenvalue weighted by molar-refractivity contribution is 5.75. The van der Waals surface area contributed by atoms with Gasteiger partial charge in [-0.25, -0.2) is 0 Å². The zero-order chi connectivity index (χ0) is 13.5. The van der Waals surface area contributed by atoms with Gasteiger partial charge in [0.25, 0.3) is 0 Å². The van der Waals surface area contributed by atoms with Gasteiger partial charge in [-0.15, -0.1) is 0 Å². The van der Waals surface area contributed by atoms with Crippen LogP contribution in [0.1, 0.15) is 37.0 Å². The van der Waals surface area contributed by atoms with Crippen molar-refractivity contribution >= 4 is 5.91 Å². The van der Waals surface area contributed by atoms with Crippen LogP contribution >= 0.6 is 0 Å². The van der Waals surface area contributed by atoms with Crippen molar-refractivity contribution in [2.45, 2.75) is 32.8 Å². The molecule has 1 amide bonds. The maximum Gasteiger partial charge on any atom is 0.219 e. The molecule has 0 aromatic heterocycles. The molecular weight excluding hydrogens is 230 g/mol. The van der Waals surface area contributed by atoms with E-state index in [9.17, 15) is 9.90 Å². The number of amides is 1. The zero-order valence-electron chi connectivity index (χ0n) is 11.2. The Bertz CT molecular complexity index is 402. The number of benzene rings is 1. The molecule has 0 heterocycles. The van der Waals surface area contributed by atoms with Crippen molar-refractivity contribution in [3.63, 3.8) is 0 Å². The first-order chi connectivity index (χ1) is 8.54. The number of nitrogens with one attached hydrogen (secondary N) is 1. The lowest BCUT2D eigenvalue weighted by atomic mass is 10.1. The van der Waals surface area contributed by atoms with Crippen molar-refractivity contribution in [1.29, 1.82) is 0 Å². The van der Waals surface area contributed by atoms with E-state index in [-0.39, 0.29) is 5.91 Å². The van der Waals surface area contributed by atoms with Crippen LogP contribution in [0.3, 0.4) is 0 Å². The molecule has 1 aromatic rings. The lowest BCUT2D eigenvalue weighted by molar-refractivity contribution is -0.120. The van der Waals surface area contributed by atoms with Crippen LogP contribution in [-0.2, 0) is 4.79 Å². The van der Waals surface area contributed by atoms with Gasteiger partial charge in [-0.1, -0.05) is 12.1 Å². The van der Waals surface area contributed by atoms with Crippen molar-refractivity contribution in [1.82, 2.24) is 5.32 Å². The third kappa shape index (κ3) is 4.37. The fraction of sp³-hybridized carbons (Fsp3) is 0.500. The summed E-state index contributed by atoms with van der Waals surface area (Å²) >= 11 is 0. The zero-order valence-corrected chi connectivity index (χ0v) is 11.2. The van der Waals surface area contributed by atoms with Gasteiger partial charge in [0.2, 0.25) is 5.91 Å². The molecule has 0 bridgehead atoms. The molecule has 0 spiro atoms. The van der Waals surface area contributed by atoms with Gasteiger partial charge in [-0.2, -0.15) is 0 Å². The Balaban J connectivity index is 2.55. The maximum atomic E-state index is 11.0. The molecule has 0 radical (unpaired) electrons. The number of aliphatic hydroxyl groups excluding tert-OH is 1. The smallest absolute Gasteiger partial charge is 0.219 e. The van der Waals surface area contributed by atoms with Crippen LogP contribution < -0.4 is 10.1 Å². The number of hydrogen-bond acceptors (Lipinski definition) is 3. The summed E-state index contributed by atoms with van der Waals surface area (Å²) in [4.78, 5) is 11.0. The Morgan fingerprint density at radius 1 is 1.50 bits per heavy atom. The van der Waals surface area contributed by atoms with Crippen LogP contribution in [0.2, 0.25) is 0 Å². The van der Waals surface area contributed by atoms with Crippen LogP contribution in [0.25, 0.3) is 0 Å². The average molecular weight is 251 g/mol. The highest BCUT2D eigenvalue weighted by atomic mass is 16.5. The van der Waals surface area contributed by atoms with Gasteiger partial charge in [-0.05, 0) is 31.9 Å². The molecule has 1 atom stereocenters. The number of carbonyl (C=O) groups is 1. The maximum absolute atomic E-state index is 11.0. The number of ether oxygens (including phenoxy) is 1. The second kappa shape index (κ2) is 7.01. The second-order valence-electron chi connectivity index (χ2n) is 4.34. The summed E-state index contributed by atoms with van der Waals surface area (Å²) in [6, 6.07) is 5.72. The van der Waals surface area contributed by atoms with Gasteiger partial charge < -0.3 is 15.2 Å². The molecule has 0 fully saturated rings. The van der Waals surface area contributed by atoms with Crippen LogP contribution in [0, 0.1) is 6.92 Å². The molecule has 100 valence electrons. The lowest BCUT2D eigenvalue weighted by Crippen LogP contribution is -2.18. The Hall–Kier alpha value is -1.55. The fourth-order valence-corrected chi connectivity index (χ4v) is 1.65. The monoisotopic (exact) mass is 251 g/mol. The van der Waals surface area contributed by atoms with Crippen molar-refractivity contribution in [2.75, 3.05) is 13.7 Å². The average Bonchev–Trinajstić information content (AvgIpc) is 2.34. The van der Waals surface area contributed by atoms with E-state index in [1.165, 1.54) is 0 Å². The highest BCUT2D eigenvalue weighted by Crippen LogP contribution is 2.26. The summed E-state index contributed by atoms with van der Waals surface area (Å²) in [5.74, 6) is 0.709. The molecule has 1 aromatic carbocycles. The molecule has 0 aliphatic carbocycles. The first-order valence-corrected chi connectivity index (χ1v) is 6.16. The van der Waals surface area contributed by atoms with E-state index in [0.717, 1.165) is 11.1 Å². The molecule has 1 rings (SSSR count). The third-order valence-corrected chi connectivity index (χ3v) is 2.70. The summed E-state index contributed by atoms with van der Waals surface area (Å²) in [5, 5.41) is 12.2. The number of carbonyl (C=O) groups excluding carboxylic acids is 1. The minimum atomic E-state index is -0.556. The summed E-state index contributed by atoms with van der Waals surface area (Å²) < 4.78 is 5.63. The predicted molar refractivity (Wildman–Crippen MR) is 70.6 cm³/mol. The standard InChI is InChI=1S/C14H21NO3/c1-10-6-7-12(11(2)16)13(9-10)18-8-4-5-14(17)15-3/h6-7,9,11,16H,4-5,8H2,1-3H3,(H,15,17)/t11-/m1/s1. The van der Waals surface area contributed by atoms with E-state index in [0.29, 0.717) is 25.2 Å². The van der Waals surface area contributed by atoms with Gasteiger partial charge >= 0.3 is 0 Å². The van der Waals surface area contributed by atoms with E-state index in [1.54, 1.807) is 14.0 Å². The quantitative estimate of drug-likeness (QED) is 0.760. The van der Waals surface area contributed by atoms with Gasteiger partial charge in [0.05, 0.1) is 12.7 Å². The molecule has 0 aliphatic rings. The third-order valence-electron chi connectivity index (χ3n) is 2.70. The van der Waals surface area contributed by atoms with E-state index >= 15 is 0 Å². The first-order valence-electron chi connectivity index (χ1n) is 6.16. The van der Waals surface area contributed by atoms with E-state index in [4.69, 9.17) is 4.74 Å². The number of hydrogen-bond donors (Lipinski definition) is 2. The Morgan fingerprint density at radius 3 is 2.83 bits per heavy atom. The Labute approximate surface area is 108 Å². The molecule has 18 heavy (non-hydrogen) atoms. The van der Waals surface area contributed by atoms with Gasteiger partial charge in [0, 0.05) is 19.0 Å². The lowest BCUT2D eigenvalue weighted by Gasteiger charge is -2.14. The minimum absolute atomic E-state index is 0.0126. The summed E-state index contributed by atoms with van der Waals surface area (Å²) in [5.41, 5.74) is 1.86. The van der Waals surface area contributed by atoms with Gasteiger partial charge in [-0.3, -0.25) is 4.79 Å². The molecule has 0 unspecified atom stereocenters. The molecule has 4 nitrogen and oxygen atoms in total. The van der Waals surface area contributed by atoms with Crippen LogP contribution in [-0.4, -0.2) is 24.7 Å². The van der Waals surface area contributed by atoms with Gasteiger partial charge in [0.1, 0.15) is 5.75 Å². The Kier molecular flexibility index (Phi) is 5.65. The van der Waals surface area contributed by atoms with E-state index in [1.807, 2.05) is 25.1 Å². The molecule has 2 N–H and O–H groups in total. The van der Waals surface area contributed by atoms with E-state index < -0.39 is 6.10 Å². The number of aliphatic hydroxyl groups is 1. The van der Waals surface area contributed by atoms with Crippen molar-refractivity contribution in [3.05, 3.63) is 29.3 Å². The molecular formula is C14H21NO3. The summed E-state index contributed by atoms with van der Waals surface area (Å²) in [7, 11) is 1.62. The molecule has 4 heteroatoms. The topological polar surface area (TPSA) is 58.6 Å². The SMILES string of the molecule is CNC(=O)CCCOc1cc(C)ccc1[C@@H](C)O. The van der Waals surface area contributed by atoms with Crippen molar-refractivity contribution in [3.8, 4) is 5.75 Å². The first kappa shape index (κ1) is 14.5. The summed E-state index contributed by atoms with van der Waals surface area (Å²) in [6.45, 7) is 4.15. The van der Waals surface area contributed by atoms with Gasteiger partial charge in [0.15, 0.2) is 0 Å². The summed E-state index contributed by atoms with van der Waals surface area (Å²) in [6.07, 6.45) is 0.554. The van der Waals surface area contributed by atoms with Crippen molar-refractivity contribution < 1.29 is 14.6 Å². The van der Waals surface area contributed by atoms with Crippen LogP contribution in [0.5, 0.6) is 5.75 Å². The normalized spacial score (nSPS) is 12.0. The molecule has 0 aliphatic heterocycles. The minimum Gasteiger partial charge on any atom is -0.493 e. The Morgan fingerprint density at radius 2 is 2.22 bits per heavy atom. The predicted octanol–water partition coefficient (Wildman–Crippen LogP) is 1.95. The molecule has 0 saturated carbocycles. The number of aryl methyl sites for hydroxylation is 1. The fourth-order valence-electron chi connectivity index (χ4n) is 1.65. The molecule has 0 saturated heterocycles. The van der Waals surface area contributed by atoms with Crippen LogP contribution in [0.4, 0.5) is 0 Å².